The van der Waals surface area contributed by atoms with Crippen molar-refractivity contribution in [2.75, 3.05) is 19.6 Å². The zero-order valence-corrected chi connectivity index (χ0v) is 15.0. The molecule has 2 aromatic rings. The first-order chi connectivity index (χ1) is 12.0. The fraction of sp³-hybridized carbons (Fsp3) is 0.353. The van der Waals surface area contributed by atoms with Crippen LogP contribution in [0.4, 0.5) is 0 Å². The van der Waals surface area contributed by atoms with Crippen molar-refractivity contribution in [3.8, 4) is 0 Å². The molecule has 1 fully saturated rings. The Morgan fingerprint density at radius 2 is 2.20 bits per heavy atom. The summed E-state index contributed by atoms with van der Waals surface area (Å²) in [6.07, 6.45) is 5.39. The quantitative estimate of drug-likeness (QED) is 0.855. The van der Waals surface area contributed by atoms with Gasteiger partial charge in [0.2, 0.25) is 5.91 Å². The van der Waals surface area contributed by atoms with E-state index in [2.05, 4.69) is 15.3 Å². The number of carbonyl (C=O) groups excluding carboxylic acids is 2. The number of nitrogens with one attached hydrogen (secondary N) is 2. The Kier molecular flexibility index (Phi) is 5.60. The maximum absolute atomic E-state index is 12.4. The van der Waals surface area contributed by atoms with Crippen LogP contribution < -0.4 is 5.32 Å². The van der Waals surface area contributed by atoms with E-state index < -0.39 is 5.91 Å². The van der Waals surface area contributed by atoms with Crippen molar-refractivity contribution in [1.29, 1.82) is 0 Å². The maximum atomic E-state index is 12.4. The van der Waals surface area contributed by atoms with Gasteiger partial charge in [-0.15, -0.1) is 0 Å². The number of carbonyl (C=O) groups is 2. The van der Waals surface area contributed by atoms with E-state index in [0.717, 1.165) is 18.7 Å². The Balaban J connectivity index is 1.57. The molecule has 8 heteroatoms. The number of aromatic amines is 1. The Bertz CT molecular complexity index is 764. The highest BCUT2D eigenvalue weighted by Crippen LogP contribution is 2.24. The molecular formula is C17H18Cl2N4O2. The molecule has 2 N–H and O–H groups in total. The molecule has 132 valence electrons. The summed E-state index contributed by atoms with van der Waals surface area (Å²) in [5, 5.41) is 3.33. The lowest BCUT2D eigenvalue weighted by atomic mass is 9.97. The Morgan fingerprint density at radius 1 is 1.36 bits per heavy atom. The molecule has 0 spiro atoms. The zero-order valence-electron chi connectivity index (χ0n) is 13.5. The van der Waals surface area contributed by atoms with Crippen LogP contribution in [0.1, 0.15) is 34.9 Å². The first-order valence-electron chi connectivity index (χ1n) is 8.05. The van der Waals surface area contributed by atoms with Crippen LogP contribution in [0.25, 0.3) is 0 Å². The van der Waals surface area contributed by atoms with Crippen LogP contribution in [0.5, 0.6) is 0 Å². The van der Waals surface area contributed by atoms with Crippen molar-refractivity contribution in [1.82, 2.24) is 20.2 Å². The molecule has 0 bridgehead atoms. The van der Waals surface area contributed by atoms with Crippen LogP contribution in [0, 0.1) is 0 Å². The first-order valence-corrected chi connectivity index (χ1v) is 8.80. The van der Waals surface area contributed by atoms with Gasteiger partial charge in [-0.1, -0.05) is 23.2 Å². The molecule has 0 saturated carbocycles. The van der Waals surface area contributed by atoms with E-state index in [0.29, 0.717) is 23.1 Å². The van der Waals surface area contributed by atoms with Gasteiger partial charge in [-0.3, -0.25) is 9.59 Å². The van der Waals surface area contributed by atoms with E-state index in [9.17, 15) is 9.59 Å². The molecule has 1 aromatic heterocycles. The fourth-order valence-corrected chi connectivity index (χ4v) is 3.34. The zero-order chi connectivity index (χ0) is 17.8. The van der Waals surface area contributed by atoms with Crippen LogP contribution in [-0.4, -0.2) is 46.3 Å². The van der Waals surface area contributed by atoms with Crippen LogP contribution in [-0.2, 0) is 4.79 Å². The second-order valence-electron chi connectivity index (χ2n) is 5.96. The highest BCUT2D eigenvalue weighted by Gasteiger charge is 2.26. The van der Waals surface area contributed by atoms with Crippen molar-refractivity contribution < 1.29 is 9.59 Å². The predicted molar refractivity (Wildman–Crippen MR) is 95.9 cm³/mol. The third-order valence-corrected chi connectivity index (χ3v) is 4.82. The fourth-order valence-electron chi connectivity index (χ4n) is 2.96. The number of imidazole rings is 1. The number of piperidine rings is 1. The summed E-state index contributed by atoms with van der Waals surface area (Å²) in [4.78, 5) is 33.8. The lowest BCUT2D eigenvalue weighted by Crippen LogP contribution is -2.44. The average Bonchev–Trinajstić information content (AvgIpc) is 3.16. The standard InChI is InChI=1S/C17H18Cl2N4O2/c18-12-3-4-14(19)13(8-12)17(25)22-9-15(24)23-7-1-2-11(10-23)16-20-5-6-21-16/h3-6,8,11H,1-2,7,9-10H2,(H,20,21)(H,22,25). The second-order valence-corrected chi connectivity index (χ2v) is 6.80. The SMILES string of the molecule is O=C(NCC(=O)N1CCCC(c2ncc[nH]2)C1)c1cc(Cl)ccc1Cl. The minimum atomic E-state index is -0.416. The van der Waals surface area contributed by atoms with Gasteiger partial charge in [-0.2, -0.15) is 0 Å². The largest absolute Gasteiger partial charge is 0.348 e. The molecule has 25 heavy (non-hydrogen) atoms. The summed E-state index contributed by atoms with van der Waals surface area (Å²) in [6.45, 7) is 1.20. The smallest absolute Gasteiger partial charge is 0.253 e. The Labute approximate surface area is 155 Å². The van der Waals surface area contributed by atoms with Crippen molar-refractivity contribution >= 4 is 35.0 Å². The van der Waals surface area contributed by atoms with Crippen molar-refractivity contribution in [3.63, 3.8) is 0 Å². The third kappa shape index (κ3) is 4.32. The summed E-state index contributed by atoms with van der Waals surface area (Å²) in [5.74, 6) is 0.557. The molecule has 1 atom stereocenters. The molecule has 6 nitrogen and oxygen atoms in total. The van der Waals surface area contributed by atoms with E-state index in [1.165, 1.54) is 6.07 Å². The highest BCUT2D eigenvalue weighted by atomic mass is 35.5. The van der Waals surface area contributed by atoms with Gasteiger partial charge in [-0.25, -0.2) is 4.98 Å². The number of likely N-dealkylation sites (tertiary alicyclic amines) is 1. The summed E-state index contributed by atoms with van der Waals surface area (Å²) in [7, 11) is 0. The minimum absolute atomic E-state index is 0.0768. The van der Waals surface area contributed by atoms with Crippen molar-refractivity contribution in [2.45, 2.75) is 18.8 Å². The maximum Gasteiger partial charge on any atom is 0.253 e. The number of H-pyrrole nitrogens is 1. The van der Waals surface area contributed by atoms with E-state index >= 15 is 0 Å². The molecule has 1 aliphatic rings. The molecule has 1 aromatic carbocycles. The highest BCUT2D eigenvalue weighted by molar-refractivity contribution is 6.35. The molecule has 2 heterocycles. The first kappa shape index (κ1) is 17.8. The van der Waals surface area contributed by atoms with Crippen LogP contribution in [0.15, 0.2) is 30.6 Å². The molecule has 1 aliphatic heterocycles. The molecular weight excluding hydrogens is 363 g/mol. The van der Waals surface area contributed by atoms with Gasteiger partial charge in [-0.05, 0) is 31.0 Å². The topological polar surface area (TPSA) is 78.1 Å². The second kappa shape index (κ2) is 7.89. The molecule has 0 aliphatic carbocycles. The number of amides is 2. The van der Waals surface area contributed by atoms with Gasteiger partial charge in [0.05, 0.1) is 17.1 Å². The van der Waals surface area contributed by atoms with Gasteiger partial charge in [0, 0.05) is 36.4 Å². The minimum Gasteiger partial charge on any atom is -0.348 e. The lowest BCUT2D eigenvalue weighted by Gasteiger charge is -2.32. The number of nitrogens with zero attached hydrogens (tertiary/aromatic N) is 2. The molecule has 0 radical (unpaired) electrons. The lowest BCUT2D eigenvalue weighted by molar-refractivity contribution is -0.131. The average molecular weight is 381 g/mol. The molecule has 1 unspecified atom stereocenters. The number of hydrogen-bond acceptors (Lipinski definition) is 3. The molecule has 2 amide bonds. The Hall–Kier alpha value is -2.05. The number of benzene rings is 1. The summed E-state index contributed by atoms with van der Waals surface area (Å²) >= 11 is 11.9. The van der Waals surface area contributed by atoms with Gasteiger partial charge in [0.1, 0.15) is 5.82 Å². The number of rotatable bonds is 4. The Morgan fingerprint density at radius 3 is 2.96 bits per heavy atom. The summed E-state index contributed by atoms with van der Waals surface area (Å²) in [6, 6.07) is 4.64. The van der Waals surface area contributed by atoms with E-state index in [-0.39, 0.29) is 23.9 Å². The van der Waals surface area contributed by atoms with Gasteiger partial charge < -0.3 is 15.2 Å². The van der Waals surface area contributed by atoms with Gasteiger partial charge in [0.25, 0.3) is 5.91 Å². The van der Waals surface area contributed by atoms with Crippen LogP contribution in [0.3, 0.4) is 0 Å². The van der Waals surface area contributed by atoms with Gasteiger partial charge in [0.15, 0.2) is 0 Å². The molecule has 3 rings (SSSR count). The predicted octanol–water partition coefficient (Wildman–Crippen LogP) is 2.85. The van der Waals surface area contributed by atoms with Crippen LogP contribution in [0.2, 0.25) is 10.0 Å². The number of aromatic nitrogens is 2. The summed E-state index contributed by atoms with van der Waals surface area (Å²) in [5.41, 5.74) is 0.258. The van der Waals surface area contributed by atoms with Crippen molar-refractivity contribution in [3.05, 3.63) is 52.0 Å². The summed E-state index contributed by atoms with van der Waals surface area (Å²) < 4.78 is 0. The monoisotopic (exact) mass is 380 g/mol. The van der Waals surface area contributed by atoms with E-state index in [4.69, 9.17) is 23.2 Å². The third-order valence-electron chi connectivity index (χ3n) is 4.25. The number of hydrogen-bond donors (Lipinski definition) is 2. The number of halogens is 2. The van der Waals surface area contributed by atoms with Crippen molar-refractivity contribution in [2.24, 2.45) is 0 Å². The van der Waals surface area contributed by atoms with E-state index in [1.54, 1.807) is 29.4 Å². The van der Waals surface area contributed by atoms with E-state index in [1.807, 2.05) is 0 Å². The van der Waals surface area contributed by atoms with Gasteiger partial charge >= 0.3 is 0 Å². The normalized spacial score (nSPS) is 17.4. The molecule has 1 saturated heterocycles. The van der Waals surface area contributed by atoms with Crippen LogP contribution >= 0.6 is 23.2 Å².